The maximum Gasteiger partial charge on any atom is 0.161 e. The molecule has 0 aliphatic heterocycles. The van der Waals surface area contributed by atoms with Gasteiger partial charge in [0.25, 0.3) is 0 Å². The third-order valence-corrected chi connectivity index (χ3v) is 7.48. The Hall–Kier alpha value is -5.61. The van der Waals surface area contributed by atoms with E-state index in [4.69, 9.17) is 14.4 Å². The van der Waals surface area contributed by atoms with Crippen molar-refractivity contribution in [3.63, 3.8) is 0 Å². The Labute approximate surface area is 244 Å². The summed E-state index contributed by atoms with van der Waals surface area (Å²) in [5.74, 6) is 1.09. The lowest BCUT2D eigenvalue weighted by Gasteiger charge is -2.10. The summed E-state index contributed by atoms with van der Waals surface area (Å²) in [6.45, 7) is 4.43. The SMILES string of the molecule is C=N/C(=N\C(=N/Cc1ccccc1)c1ccc2ccccc2c1)c1ccc(-c2ccccc2)c2oc3ccccc3c12. The quantitative estimate of drug-likeness (QED) is 0.158. The van der Waals surface area contributed by atoms with Crippen molar-refractivity contribution in [2.45, 2.75) is 6.54 Å². The minimum Gasteiger partial charge on any atom is -0.455 e. The Balaban J connectivity index is 1.43. The molecule has 0 N–H and O–H groups in total. The molecule has 0 aliphatic carbocycles. The van der Waals surface area contributed by atoms with E-state index in [0.717, 1.165) is 60.5 Å². The van der Waals surface area contributed by atoms with E-state index in [1.807, 2.05) is 66.7 Å². The Morgan fingerprint density at radius 3 is 2.17 bits per heavy atom. The zero-order valence-electron chi connectivity index (χ0n) is 22.9. The summed E-state index contributed by atoms with van der Waals surface area (Å²) in [5, 5.41) is 4.25. The molecule has 7 rings (SSSR count). The van der Waals surface area contributed by atoms with Crippen LogP contribution in [-0.2, 0) is 6.54 Å². The van der Waals surface area contributed by atoms with Gasteiger partial charge < -0.3 is 4.42 Å². The van der Waals surface area contributed by atoms with Crippen LogP contribution in [0.1, 0.15) is 16.7 Å². The third kappa shape index (κ3) is 4.80. The van der Waals surface area contributed by atoms with Gasteiger partial charge in [-0.25, -0.2) is 9.98 Å². The Kier molecular flexibility index (Phi) is 6.71. The molecule has 0 saturated heterocycles. The zero-order valence-corrected chi connectivity index (χ0v) is 22.9. The van der Waals surface area contributed by atoms with Gasteiger partial charge in [-0.05, 0) is 52.9 Å². The number of hydrogen-bond donors (Lipinski definition) is 0. The molecule has 0 bridgehead atoms. The first-order valence-corrected chi connectivity index (χ1v) is 13.9. The van der Waals surface area contributed by atoms with Crippen molar-refractivity contribution < 1.29 is 4.42 Å². The first kappa shape index (κ1) is 25.4. The van der Waals surface area contributed by atoms with Crippen LogP contribution >= 0.6 is 0 Å². The van der Waals surface area contributed by atoms with Gasteiger partial charge in [0, 0.05) is 27.5 Å². The van der Waals surface area contributed by atoms with Crippen molar-refractivity contribution in [2.75, 3.05) is 0 Å². The fourth-order valence-electron chi connectivity index (χ4n) is 5.41. The van der Waals surface area contributed by atoms with Crippen LogP contribution in [0, 0.1) is 0 Å². The number of hydrogen-bond acceptors (Lipinski definition) is 2. The smallest absolute Gasteiger partial charge is 0.161 e. The fraction of sp³-hybridized carbons (Fsp3) is 0.0263. The van der Waals surface area contributed by atoms with E-state index in [1.54, 1.807) is 0 Å². The minimum absolute atomic E-state index is 0.492. The fourth-order valence-corrected chi connectivity index (χ4v) is 5.41. The molecule has 42 heavy (non-hydrogen) atoms. The monoisotopic (exact) mass is 541 g/mol. The number of rotatable bonds is 5. The molecule has 0 aliphatic rings. The summed E-state index contributed by atoms with van der Waals surface area (Å²) >= 11 is 0. The van der Waals surface area contributed by atoms with Crippen molar-refractivity contribution in [1.82, 2.24) is 0 Å². The number of aliphatic imine (C=N–C) groups is 3. The minimum atomic E-state index is 0.492. The second-order valence-electron chi connectivity index (χ2n) is 10.1. The predicted molar refractivity (Wildman–Crippen MR) is 176 cm³/mol. The lowest BCUT2D eigenvalue weighted by molar-refractivity contribution is 0.670. The molecule has 1 aromatic heterocycles. The lowest BCUT2D eigenvalue weighted by atomic mass is 9.98. The first-order chi connectivity index (χ1) is 20.8. The Morgan fingerprint density at radius 2 is 1.36 bits per heavy atom. The molecule has 6 aromatic carbocycles. The van der Waals surface area contributed by atoms with E-state index in [0.29, 0.717) is 18.2 Å². The number of benzene rings is 6. The van der Waals surface area contributed by atoms with Crippen molar-refractivity contribution >= 4 is 51.1 Å². The molecular formula is C38H27N3O. The van der Waals surface area contributed by atoms with Crippen LogP contribution < -0.4 is 0 Å². The highest BCUT2D eigenvalue weighted by atomic mass is 16.3. The maximum atomic E-state index is 6.47. The molecule has 0 unspecified atom stereocenters. The highest BCUT2D eigenvalue weighted by molar-refractivity contribution is 6.23. The average molecular weight is 542 g/mol. The molecule has 7 aromatic rings. The second-order valence-corrected chi connectivity index (χ2v) is 10.1. The summed E-state index contributed by atoms with van der Waals surface area (Å²) in [7, 11) is 0. The van der Waals surface area contributed by atoms with Crippen LogP contribution in [0.4, 0.5) is 0 Å². The summed E-state index contributed by atoms with van der Waals surface area (Å²) < 4.78 is 6.47. The van der Waals surface area contributed by atoms with E-state index in [9.17, 15) is 0 Å². The van der Waals surface area contributed by atoms with Gasteiger partial charge in [-0.3, -0.25) is 4.99 Å². The topological polar surface area (TPSA) is 50.2 Å². The first-order valence-electron chi connectivity index (χ1n) is 13.9. The molecular weight excluding hydrogens is 514 g/mol. The largest absolute Gasteiger partial charge is 0.455 e. The van der Waals surface area contributed by atoms with E-state index in [1.165, 1.54) is 0 Å². The molecule has 0 saturated carbocycles. The highest BCUT2D eigenvalue weighted by Gasteiger charge is 2.19. The van der Waals surface area contributed by atoms with E-state index in [-0.39, 0.29) is 0 Å². The molecule has 4 heteroatoms. The van der Waals surface area contributed by atoms with Crippen LogP contribution in [-0.4, -0.2) is 18.4 Å². The summed E-state index contributed by atoms with van der Waals surface area (Å²) in [4.78, 5) is 14.5. The molecule has 200 valence electrons. The van der Waals surface area contributed by atoms with Crippen LogP contribution in [0.2, 0.25) is 0 Å². The van der Waals surface area contributed by atoms with Gasteiger partial charge in [-0.1, -0.05) is 115 Å². The van der Waals surface area contributed by atoms with Crippen LogP contribution in [0.25, 0.3) is 43.8 Å². The summed E-state index contributed by atoms with van der Waals surface area (Å²) in [5.41, 5.74) is 6.58. The standard InChI is InChI=1S/C38H27N3O/c1-39-38(33-23-22-31(28-15-6-3-7-16-28)36-35(33)32-18-10-11-19-34(32)42-36)41-37(40-25-26-12-4-2-5-13-26)30-21-20-27-14-8-9-17-29(27)24-30/h2-24H,1,25H2/b40-37-,41-38-. The van der Waals surface area contributed by atoms with Gasteiger partial charge in [-0.15, -0.1) is 0 Å². The van der Waals surface area contributed by atoms with Gasteiger partial charge in [0.05, 0.1) is 6.54 Å². The molecule has 0 spiro atoms. The van der Waals surface area contributed by atoms with E-state index < -0.39 is 0 Å². The van der Waals surface area contributed by atoms with Crippen molar-refractivity contribution in [3.05, 3.63) is 156 Å². The molecule has 1 heterocycles. The number of furan rings is 1. The maximum absolute atomic E-state index is 6.47. The molecule has 0 amide bonds. The van der Waals surface area contributed by atoms with Gasteiger partial charge >= 0.3 is 0 Å². The van der Waals surface area contributed by atoms with Crippen molar-refractivity contribution in [2.24, 2.45) is 15.0 Å². The van der Waals surface area contributed by atoms with E-state index >= 15 is 0 Å². The van der Waals surface area contributed by atoms with Gasteiger partial charge in [-0.2, -0.15) is 0 Å². The normalized spacial score (nSPS) is 12.3. The van der Waals surface area contributed by atoms with Gasteiger partial charge in [0.15, 0.2) is 11.7 Å². The van der Waals surface area contributed by atoms with Gasteiger partial charge in [0.2, 0.25) is 0 Å². The third-order valence-electron chi connectivity index (χ3n) is 7.48. The number of para-hydroxylation sites is 1. The zero-order chi connectivity index (χ0) is 28.3. The van der Waals surface area contributed by atoms with Crippen molar-refractivity contribution in [1.29, 1.82) is 0 Å². The van der Waals surface area contributed by atoms with Crippen LogP contribution in [0.3, 0.4) is 0 Å². The highest BCUT2D eigenvalue weighted by Crippen LogP contribution is 2.38. The van der Waals surface area contributed by atoms with E-state index in [2.05, 4.69) is 84.5 Å². The average Bonchev–Trinajstić information content (AvgIpc) is 3.45. The Bertz CT molecular complexity index is 2120. The van der Waals surface area contributed by atoms with Gasteiger partial charge in [0.1, 0.15) is 11.2 Å². The second kappa shape index (κ2) is 11.1. The molecule has 4 nitrogen and oxygen atoms in total. The number of amidine groups is 2. The molecule has 0 atom stereocenters. The molecule has 0 fully saturated rings. The number of fused-ring (bicyclic) bond motifs is 4. The van der Waals surface area contributed by atoms with Crippen LogP contribution in [0.5, 0.6) is 0 Å². The predicted octanol–water partition coefficient (Wildman–Crippen LogP) is 9.50. The number of nitrogens with zero attached hydrogens (tertiary/aromatic N) is 3. The summed E-state index contributed by atoms with van der Waals surface area (Å²) in [6, 6.07) is 47.3. The Morgan fingerprint density at radius 1 is 0.643 bits per heavy atom. The van der Waals surface area contributed by atoms with Crippen molar-refractivity contribution in [3.8, 4) is 11.1 Å². The molecule has 0 radical (unpaired) electrons. The summed E-state index contributed by atoms with van der Waals surface area (Å²) in [6.07, 6.45) is 0. The lowest BCUT2D eigenvalue weighted by Crippen LogP contribution is -2.06. The van der Waals surface area contributed by atoms with Crippen LogP contribution in [0.15, 0.2) is 159 Å².